The second kappa shape index (κ2) is 17.4. The molecular formula is C31H44Cl2IN3O6. The lowest BCUT2D eigenvalue weighted by Crippen LogP contribution is -3.00. The molecular weight excluding hydrogens is 708 g/mol. The van der Waals surface area contributed by atoms with E-state index in [2.05, 4.69) is 24.5 Å². The number of piperidine rings is 1. The number of nitrogens with zero attached hydrogens (tertiary/aromatic N) is 1. The van der Waals surface area contributed by atoms with Crippen molar-refractivity contribution in [1.29, 1.82) is 0 Å². The minimum atomic E-state index is -0.355. The van der Waals surface area contributed by atoms with Crippen LogP contribution in [0.15, 0.2) is 30.3 Å². The first-order chi connectivity index (χ1) is 20.0. The molecule has 2 aromatic rings. The van der Waals surface area contributed by atoms with Crippen molar-refractivity contribution in [1.82, 2.24) is 5.32 Å². The van der Waals surface area contributed by atoms with Gasteiger partial charge in [0.25, 0.3) is 0 Å². The van der Waals surface area contributed by atoms with E-state index in [1.54, 1.807) is 12.1 Å². The van der Waals surface area contributed by atoms with Crippen molar-refractivity contribution in [2.45, 2.75) is 46.1 Å². The normalized spacial score (nSPS) is 18.7. The lowest BCUT2D eigenvalue weighted by Gasteiger charge is -2.45. The van der Waals surface area contributed by atoms with Crippen LogP contribution in [0.2, 0.25) is 10.0 Å². The highest BCUT2D eigenvalue weighted by Crippen LogP contribution is 2.40. The number of halogens is 3. The Morgan fingerprint density at radius 2 is 1.60 bits per heavy atom. The molecule has 3 rings (SSSR count). The smallest absolute Gasteiger partial charge is 0.361 e. The van der Waals surface area contributed by atoms with Gasteiger partial charge >= 0.3 is 12.0 Å². The van der Waals surface area contributed by atoms with Crippen molar-refractivity contribution in [2.75, 3.05) is 59.4 Å². The second-order valence-electron chi connectivity index (χ2n) is 11.2. The van der Waals surface area contributed by atoms with Crippen molar-refractivity contribution >= 4 is 40.9 Å². The summed E-state index contributed by atoms with van der Waals surface area (Å²) in [6.45, 7) is 8.80. The number of ether oxygens (including phenoxy) is 4. The van der Waals surface area contributed by atoms with Crippen LogP contribution in [0.5, 0.6) is 17.2 Å². The average Bonchev–Trinajstić information content (AvgIpc) is 2.95. The number of likely N-dealkylation sites (tertiary alicyclic amines) is 1. The lowest BCUT2D eigenvalue weighted by molar-refractivity contribution is -0.928. The molecule has 1 aliphatic rings. The molecule has 2 N–H and O–H groups in total. The topological polar surface area (TPSA) is 95.1 Å². The van der Waals surface area contributed by atoms with Gasteiger partial charge in [-0.1, -0.05) is 43.1 Å². The summed E-state index contributed by atoms with van der Waals surface area (Å²) in [5, 5.41) is 7.16. The van der Waals surface area contributed by atoms with Gasteiger partial charge in [0.2, 0.25) is 5.75 Å². The maximum Gasteiger partial charge on any atom is 0.361 e. The molecule has 0 spiro atoms. The Kier molecular flexibility index (Phi) is 15.0. The molecule has 1 saturated heterocycles. The van der Waals surface area contributed by atoms with Crippen molar-refractivity contribution in [3.63, 3.8) is 0 Å². The van der Waals surface area contributed by atoms with E-state index in [4.69, 9.17) is 42.1 Å². The number of rotatable bonds is 13. The summed E-state index contributed by atoms with van der Waals surface area (Å²) in [7, 11) is 4.57. The summed E-state index contributed by atoms with van der Waals surface area (Å²) >= 11 is 12.3. The van der Waals surface area contributed by atoms with Crippen LogP contribution in [0.4, 0.5) is 10.5 Å². The molecule has 0 bridgehead atoms. The van der Waals surface area contributed by atoms with Gasteiger partial charge in [0, 0.05) is 12.1 Å². The molecule has 0 aromatic heterocycles. The van der Waals surface area contributed by atoms with Crippen LogP contribution < -0.4 is 48.8 Å². The molecule has 1 heterocycles. The Morgan fingerprint density at radius 3 is 2.12 bits per heavy atom. The summed E-state index contributed by atoms with van der Waals surface area (Å²) in [5.41, 5.74) is 1.66. The van der Waals surface area contributed by atoms with Gasteiger partial charge in [-0.05, 0) is 55.7 Å². The number of esters is 1. The van der Waals surface area contributed by atoms with Gasteiger partial charge in [0.1, 0.15) is 0 Å². The molecule has 1 unspecified atom stereocenters. The van der Waals surface area contributed by atoms with Gasteiger partial charge in [-0.25, -0.2) is 9.59 Å². The SMILES string of the molecule is CCOC(=O)C[N+]1(CC(NC(=O)Nc2cc(OC)c(OC)c(OC)c2)C(C)C)CCC(Cc2ccc(Cl)c(Cl)c2)CC1.[I-]. The monoisotopic (exact) mass is 751 g/mol. The molecule has 1 atom stereocenters. The van der Waals surface area contributed by atoms with Crippen LogP contribution >= 0.6 is 23.2 Å². The quantitative estimate of drug-likeness (QED) is 0.186. The van der Waals surface area contributed by atoms with Gasteiger partial charge in [-0.15, -0.1) is 0 Å². The Bertz CT molecular complexity index is 1200. The molecule has 2 aromatic carbocycles. The second-order valence-corrected chi connectivity index (χ2v) is 12.0. The molecule has 0 saturated carbocycles. The van der Waals surface area contributed by atoms with E-state index >= 15 is 0 Å². The highest BCUT2D eigenvalue weighted by molar-refractivity contribution is 6.42. The molecule has 9 nitrogen and oxygen atoms in total. The zero-order valence-corrected chi connectivity index (χ0v) is 29.5. The largest absolute Gasteiger partial charge is 1.00 e. The highest BCUT2D eigenvalue weighted by atomic mass is 127. The van der Waals surface area contributed by atoms with Gasteiger partial charge in [0.15, 0.2) is 18.0 Å². The molecule has 2 amide bonds. The number of benzene rings is 2. The number of carbonyl (C=O) groups is 2. The van der Waals surface area contributed by atoms with Crippen LogP contribution in [0.25, 0.3) is 0 Å². The first-order valence-electron chi connectivity index (χ1n) is 14.3. The summed E-state index contributed by atoms with van der Waals surface area (Å²) in [6.07, 6.45) is 2.80. The van der Waals surface area contributed by atoms with Gasteiger partial charge in [-0.3, -0.25) is 0 Å². The minimum absolute atomic E-state index is 0. The number of urea groups is 1. The Morgan fingerprint density at radius 1 is 0.977 bits per heavy atom. The third-order valence-corrected chi connectivity index (χ3v) is 8.67. The first kappa shape index (κ1) is 37.0. The number of hydrogen-bond donors (Lipinski definition) is 2. The maximum atomic E-state index is 13.2. The summed E-state index contributed by atoms with van der Waals surface area (Å²) < 4.78 is 22.1. The number of anilines is 1. The molecule has 240 valence electrons. The number of methoxy groups -OCH3 is 3. The van der Waals surface area contributed by atoms with E-state index in [-0.39, 0.29) is 54.5 Å². The number of nitrogens with one attached hydrogen (secondary N) is 2. The zero-order valence-electron chi connectivity index (χ0n) is 25.8. The van der Waals surface area contributed by atoms with Crippen LogP contribution in [-0.4, -0.2) is 76.6 Å². The Balaban J connectivity index is 0.00000645. The fourth-order valence-corrected chi connectivity index (χ4v) is 5.91. The van der Waals surface area contributed by atoms with Crippen LogP contribution in [0.1, 0.15) is 39.2 Å². The molecule has 0 aliphatic carbocycles. The molecule has 1 aliphatic heterocycles. The van der Waals surface area contributed by atoms with Crippen LogP contribution in [0, 0.1) is 11.8 Å². The first-order valence-corrected chi connectivity index (χ1v) is 15.1. The van der Waals surface area contributed by atoms with Crippen LogP contribution in [0.3, 0.4) is 0 Å². The molecule has 0 radical (unpaired) electrons. The molecule has 1 fully saturated rings. The molecule has 12 heteroatoms. The number of quaternary nitrogens is 1. The van der Waals surface area contributed by atoms with E-state index < -0.39 is 0 Å². The molecule has 43 heavy (non-hydrogen) atoms. The van der Waals surface area contributed by atoms with Gasteiger partial charge in [-0.2, -0.15) is 0 Å². The Hall–Kier alpha value is -2.15. The van der Waals surface area contributed by atoms with E-state index in [9.17, 15) is 9.59 Å². The van der Waals surface area contributed by atoms with Gasteiger partial charge < -0.3 is 58.0 Å². The van der Waals surface area contributed by atoms with Crippen molar-refractivity contribution in [3.05, 3.63) is 45.9 Å². The van der Waals surface area contributed by atoms with E-state index in [1.165, 1.54) is 21.3 Å². The third kappa shape index (κ3) is 10.5. The fraction of sp³-hybridized carbons (Fsp3) is 0.548. The number of carbonyl (C=O) groups excluding carboxylic acids is 2. The lowest BCUT2D eigenvalue weighted by atomic mass is 9.88. The van der Waals surface area contributed by atoms with E-state index in [1.807, 2.05) is 25.1 Å². The van der Waals surface area contributed by atoms with E-state index in [0.29, 0.717) is 56.5 Å². The Labute approximate surface area is 282 Å². The summed E-state index contributed by atoms with van der Waals surface area (Å²) in [4.78, 5) is 26.0. The highest BCUT2D eigenvalue weighted by Gasteiger charge is 2.39. The van der Waals surface area contributed by atoms with Crippen molar-refractivity contribution < 1.29 is 57.0 Å². The fourth-order valence-electron chi connectivity index (χ4n) is 5.59. The summed E-state index contributed by atoms with van der Waals surface area (Å²) in [5.74, 6) is 1.69. The maximum absolute atomic E-state index is 13.2. The predicted octanol–water partition coefficient (Wildman–Crippen LogP) is 3.20. The van der Waals surface area contributed by atoms with Gasteiger partial charge in [0.05, 0.1) is 69.3 Å². The minimum Gasteiger partial charge on any atom is -1.00 e. The predicted molar refractivity (Wildman–Crippen MR) is 166 cm³/mol. The van der Waals surface area contributed by atoms with Crippen molar-refractivity contribution in [2.24, 2.45) is 11.8 Å². The van der Waals surface area contributed by atoms with Crippen molar-refractivity contribution in [3.8, 4) is 17.2 Å². The average molecular weight is 753 g/mol. The zero-order chi connectivity index (χ0) is 30.9. The number of amides is 2. The number of hydrogen-bond acceptors (Lipinski definition) is 6. The standard InChI is InChI=1S/C31H43Cl2N3O6.HI/c1-7-42-29(37)19-36(12-10-21(11-13-36)14-22-8-9-24(32)25(33)15-22)18-26(20(2)3)35-31(38)34-23-16-27(39-4)30(41-6)28(17-23)40-5;/h8-9,15-17,20-21,26H,7,10-14,18-19H2,1-6H3,(H-,34,35,38);1H. The van der Waals surface area contributed by atoms with Crippen LogP contribution in [-0.2, 0) is 16.0 Å². The third-order valence-electron chi connectivity index (χ3n) is 7.93. The summed E-state index contributed by atoms with van der Waals surface area (Å²) in [6, 6.07) is 8.61. The van der Waals surface area contributed by atoms with E-state index in [0.717, 1.165) is 37.9 Å².